The van der Waals surface area contributed by atoms with Gasteiger partial charge in [0.2, 0.25) is 5.91 Å². The molecule has 4 nitrogen and oxygen atoms in total. The zero-order valence-electron chi connectivity index (χ0n) is 13.2. The number of fused-ring (bicyclic) bond motifs is 1. The van der Waals surface area contributed by atoms with Crippen molar-refractivity contribution in [1.82, 2.24) is 15.5 Å². The largest absolute Gasteiger partial charge is 0.351 e. The molecule has 4 fully saturated rings. The van der Waals surface area contributed by atoms with Gasteiger partial charge in [-0.2, -0.15) is 0 Å². The Labute approximate surface area is 128 Å². The molecule has 5 atom stereocenters. The van der Waals surface area contributed by atoms with Gasteiger partial charge in [-0.25, -0.2) is 0 Å². The molecule has 2 aliphatic heterocycles. The summed E-state index contributed by atoms with van der Waals surface area (Å²) in [4.78, 5) is 15.2. The van der Waals surface area contributed by atoms with Gasteiger partial charge < -0.3 is 10.6 Å². The molecule has 118 valence electrons. The Hall–Kier alpha value is -0.610. The van der Waals surface area contributed by atoms with Gasteiger partial charge in [0.05, 0.1) is 6.04 Å². The van der Waals surface area contributed by atoms with Gasteiger partial charge in [-0.3, -0.25) is 9.69 Å². The third kappa shape index (κ3) is 2.85. The Bertz CT molecular complexity index is 395. The fourth-order valence-electron chi connectivity index (χ4n) is 4.90. The first kappa shape index (κ1) is 14.0. The molecule has 2 saturated carbocycles. The van der Waals surface area contributed by atoms with E-state index < -0.39 is 0 Å². The lowest BCUT2D eigenvalue weighted by atomic mass is 9.85. The minimum atomic E-state index is 0.0726. The number of carbonyl (C=O) groups excluding carboxylic acids is 1. The highest BCUT2D eigenvalue weighted by Gasteiger charge is 2.42. The van der Waals surface area contributed by atoms with E-state index in [0.29, 0.717) is 18.1 Å². The zero-order valence-corrected chi connectivity index (χ0v) is 13.2. The van der Waals surface area contributed by atoms with Crippen LogP contribution in [-0.4, -0.2) is 47.6 Å². The lowest BCUT2D eigenvalue weighted by Gasteiger charge is -2.24. The highest BCUT2D eigenvalue weighted by Crippen LogP contribution is 2.35. The summed E-state index contributed by atoms with van der Waals surface area (Å²) in [6.45, 7) is 3.38. The molecule has 4 heteroatoms. The van der Waals surface area contributed by atoms with Crippen molar-refractivity contribution < 1.29 is 4.79 Å². The number of nitrogens with zero attached hydrogens (tertiary/aromatic N) is 1. The average Bonchev–Trinajstić information content (AvgIpc) is 3.11. The summed E-state index contributed by atoms with van der Waals surface area (Å²) in [6.07, 6.45) is 10.2. The minimum Gasteiger partial charge on any atom is -0.351 e. The van der Waals surface area contributed by atoms with E-state index in [1.54, 1.807) is 0 Å². The van der Waals surface area contributed by atoms with Crippen LogP contribution in [0.25, 0.3) is 0 Å². The van der Waals surface area contributed by atoms with Gasteiger partial charge in [0.1, 0.15) is 0 Å². The number of hydrogen-bond donors (Lipinski definition) is 2. The predicted molar refractivity (Wildman–Crippen MR) is 83.0 cm³/mol. The number of nitrogens with one attached hydrogen (secondary N) is 2. The molecule has 0 bridgehead atoms. The molecular weight excluding hydrogens is 262 g/mol. The SMILES string of the molecule is CC1CC(NC(=O)C2CC3CCCCC3N2)CN1C1CC1. The maximum Gasteiger partial charge on any atom is 0.237 e. The fraction of sp³-hybridized carbons (Fsp3) is 0.941. The summed E-state index contributed by atoms with van der Waals surface area (Å²) in [5.41, 5.74) is 0. The van der Waals surface area contributed by atoms with Crippen molar-refractivity contribution >= 4 is 5.91 Å². The summed E-state index contributed by atoms with van der Waals surface area (Å²) in [7, 11) is 0. The zero-order chi connectivity index (χ0) is 14.4. The lowest BCUT2D eigenvalue weighted by Crippen LogP contribution is -2.47. The van der Waals surface area contributed by atoms with Crippen LogP contribution < -0.4 is 10.6 Å². The van der Waals surface area contributed by atoms with Gasteiger partial charge in [-0.1, -0.05) is 12.8 Å². The van der Waals surface area contributed by atoms with E-state index in [1.165, 1.54) is 38.5 Å². The van der Waals surface area contributed by atoms with E-state index >= 15 is 0 Å². The third-order valence-electron chi connectivity index (χ3n) is 6.16. The highest BCUT2D eigenvalue weighted by atomic mass is 16.2. The number of hydrogen-bond acceptors (Lipinski definition) is 3. The van der Waals surface area contributed by atoms with Crippen LogP contribution in [0.1, 0.15) is 58.3 Å². The first-order valence-electron chi connectivity index (χ1n) is 9.03. The maximum atomic E-state index is 12.6. The molecule has 5 unspecified atom stereocenters. The van der Waals surface area contributed by atoms with Crippen molar-refractivity contribution in [2.45, 2.75) is 88.5 Å². The Kier molecular flexibility index (Phi) is 3.70. The van der Waals surface area contributed by atoms with E-state index in [0.717, 1.165) is 31.3 Å². The molecule has 0 aromatic rings. The van der Waals surface area contributed by atoms with Gasteiger partial charge >= 0.3 is 0 Å². The summed E-state index contributed by atoms with van der Waals surface area (Å²) >= 11 is 0. The molecule has 0 spiro atoms. The molecule has 0 radical (unpaired) electrons. The molecule has 0 aromatic heterocycles. The van der Waals surface area contributed by atoms with E-state index in [4.69, 9.17) is 0 Å². The predicted octanol–water partition coefficient (Wildman–Crippen LogP) is 1.65. The number of rotatable bonds is 3. The van der Waals surface area contributed by atoms with Gasteiger partial charge in [0.25, 0.3) is 0 Å². The fourth-order valence-corrected chi connectivity index (χ4v) is 4.90. The third-order valence-corrected chi connectivity index (χ3v) is 6.16. The molecule has 1 amide bonds. The quantitative estimate of drug-likeness (QED) is 0.831. The molecular formula is C17H29N3O. The van der Waals surface area contributed by atoms with Crippen molar-refractivity contribution in [3.05, 3.63) is 0 Å². The van der Waals surface area contributed by atoms with Crippen molar-refractivity contribution in [2.75, 3.05) is 6.54 Å². The lowest BCUT2D eigenvalue weighted by molar-refractivity contribution is -0.123. The van der Waals surface area contributed by atoms with Gasteiger partial charge in [-0.15, -0.1) is 0 Å². The van der Waals surface area contributed by atoms with Crippen LogP contribution in [0.3, 0.4) is 0 Å². The second kappa shape index (κ2) is 5.54. The Balaban J connectivity index is 1.30. The Morgan fingerprint density at radius 2 is 1.95 bits per heavy atom. The smallest absolute Gasteiger partial charge is 0.237 e. The van der Waals surface area contributed by atoms with Crippen LogP contribution in [0.15, 0.2) is 0 Å². The van der Waals surface area contributed by atoms with Crippen LogP contribution in [-0.2, 0) is 4.79 Å². The maximum absolute atomic E-state index is 12.6. The van der Waals surface area contributed by atoms with Crippen molar-refractivity contribution in [3.63, 3.8) is 0 Å². The second-order valence-corrected chi connectivity index (χ2v) is 7.82. The molecule has 2 N–H and O–H groups in total. The second-order valence-electron chi connectivity index (χ2n) is 7.82. The first-order valence-corrected chi connectivity index (χ1v) is 9.03. The highest BCUT2D eigenvalue weighted by molar-refractivity contribution is 5.82. The van der Waals surface area contributed by atoms with Gasteiger partial charge in [-0.05, 0) is 51.4 Å². The standard InChI is InChI=1S/C17H29N3O/c1-11-8-13(10-20(11)14-6-7-14)18-17(21)16-9-12-4-2-3-5-15(12)19-16/h11-16,19H,2-10H2,1H3,(H,18,21). The van der Waals surface area contributed by atoms with Gasteiger partial charge in [0.15, 0.2) is 0 Å². The normalized spacial score (nSPS) is 43.8. The van der Waals surface area contributed by atoms with Gasteiger partial charge in [0, 0.05) is 30.7 Å². The number of carbonyl (C=O) groups is 1. The van der Waals surface area contributed by atoms with Crippen molar-refractivity contribution in [3.8, 4) is 0 Å². The first-order chi connectivity index (χ1) is 10.2. The monoisotopic (exact) mass is 291 g/mol. The molecule has 2 aliphatic carbocycles. The van der Waals surface area contributed by atoms with Crippen molar-refractivity contribution in [2.24, 2.45) is 5.92 Å². The van der Waals surface area contributed by atoms with E-state index in [2.05, 4.69) is 22.5 Å². The summed E-state index contributed by atoms with van der Waals surface area (Å²) in [5, 5.41) is 6.93. The molecule has 4 rings (SSSR count). The van der Waals surface area contributed by atoms with E-state index in [-0.39, 0.29) is 11.9 Å². The summed E-state index contributed by atoms with van der Waals surface area (Å²) in [5.74, 6) is 1.01. The summed E-state index contributed by atoms with van der Waals surface area (Å²) in [6, 6.07) is 2.51. The molecule has 4 aliphatic rings. The van der Waals surface area contributed by atoms with Crippen LogP contribution >= 0.6 is 0 Å². The number of amides is 1. The molecule has 21 heavy (non-hydrogen) atoms. The topological polar surface area (TPSA) is 44.4 Å². The van der Waals surface area contributed by atoms with E-state index in [1.807, 2.05) is 0 Å². The number of likely N-dealkylation sites (tertiary alicyclic amines) is 1. The van der Waals surface area contributed by atoms with Crippen LogP contribution in [0.5, 0.6) is 0 Å². The molecule has 2 saturated heterocycles. The van der Waals surface area contributed by atoms with E-state index in [9.17, 15) is 4.79 Å². The van der Waals surface area contributed by atoms with Crippen LogP contribution in [0.2, 0.25) is 0 Å². The van der Waals surface area contributed by atoms with Crippen LogP contribution in [0.4, 0.5) is 0 Å². The van der Waals surface area contributed by atoms with Crippen molar-refractivity contribution in [1.29, 1.82) is 0 Å². The molecule has 2 heterocycles. The minimum absolute atomic E-state index is 0.0726. The Morgan fingerprint density at radius 1 is 1.14 bits per heavy atom. The summed E-state index contributed by atoms with van der Waals surface area (Å²) < 4.78 is 0. The molecule has 0 aromatic carbocycles. The Morgan fingerprint density at radius 3 is 2.71 bits per heavy atom. The average molecular weight is 291 g/mol. The van der Waals surface area contributed by atoms with Crippen LogP contribution in [0, 0.1) is 5.92 Å².